The molecule has 212 valence electrons. The number of hydrogen-bond acceptors (Lipinski definition) is 5. The van der Waals surface area contributed by atoms with Crippen LogP contribution in [0.4, 0.5) is 5.69 Å². The third kappa shape index (κ3) is 7.92. The number of carboxylic acids is 1. The van der Waals surface area contributed by atoms with Gasteiger partial charge in [-0.15, -0.1) is 0 Å². The number of nitrogens with two attached hydrogens (primary N) is 2. The number of unbranched alkanes of at least 4 members (excludes halogenated alkanes) is 1. The van der Waals surface area contributed by atoms with Gasteiger partial charge in [0.05, 0.1) is 22.6 Å². The number of aromatic nitrogens is 2. The minimum atomic E-state index is -0.934. The van der Waals surface area contributed by atoms with Gasteiger partial charge in [-0.2, -0.15) is 0 Å². The lowest BCUT2D eigenvalue weighted by molar-refractivity contribution is -0.137. The minimum absolute atomic E-state index is 0.00642. The molecule has 0 radical (unpaired) electrons. The summed E-state index contributed by atoms with van der Waals surface area (Å²) in [6, 6.07) is 15.0. The van der Waals surface area contributed by atoms with Gasteiger partial charge in [-0.25, -0.2) is 0 Å². The molecule has 0 bridgehead atoms. The average molecular weight is 548 g/mol. The van der Waals surface area contributed by atoms with Gasteiger partial charge in [-0.05, 0) is 50.8 Å². The number of guanidine groups is 1. The highest BCUT2D eigenvalue weighted by atomic mass is 16.4. The van der Waals surface area contributed by atoms with Crippen molar-refractivity contribution in [3.63, 3.8) is 0 Å². The maximum atomic E-state index is 13.7. The monoisotopic (exact) mass is 547 g/mol. The maximum Gasteiger partial charge on any atom is 0.303 e. The number of rotatable bonds is 14. The van der Waals surface area contributed by atoms with Crippen LogP contribution in [0.5, 0.6) is 0 Å². The van der Waals surface area contributed by atoms with Crippen LogP contribution in [-0.2, 0) is 9.59 Å². The molecule has 0 aliphatic rings. The number of pyridine rings is 1. The second-order valence-corrected chi connectivity index (χ2v) is 9.56. The highest BCUT2D eigenvalue weighted by Crippen LogP contribution is 2.44. The molecule has 1 aromatic carbocycles. The molecule has 0 fully saturated rings. The van der Waals surface area contributed by atoms with Gasteiger partial charge < -0.3 is 31.8 Å². The first kappa shape index (κ1) is 29.9. The Hall–Kier alpha value is -4.67. The number of carboxylic acid groups (broad SMARTS) is 1. The molecule has 0 saturated heterocycles. The number of carbonyl (C=O) groups excluding carboxylic acids is 2. The number of nitrogens with one attached hydrogen (secondary N) is 2. The van der Waals surface area contributed by atoms with Gasteiger partial charge in [-0.1, -0.05) is 36.4 Å². The van der Waals surface area contributed by atoms with Gasteiger partial charge in [0.2, 0.25) is 5.91 Å². The van der Waals surface area contributed by atoms with Crippen LogP contribution < -0.4 is 22.1 Å². The second kappa shape index (κ2) is 14.5. The molecule has 0 atom stereocenters. The highest BCUT2D eigenvalue weighted by molar-refractivity contribution is 6.10. The Morgan fingerprint density at radius 3 is 2.35 bits per heavy atom. The van der Waals surface area contributed by atoms with Crippen LogP contribution in [0.15, 0.2) is 59.7 Å². The number of aliphatic imine (C=N–C) groups is 1. The van der Waals surface area contributed by atoms with Crippen LogP contribution in [0.3, 0.4) is 0 Å². The molecular weight excluding hydrogens is 510 g/mol. The zero-order valence-corrected chi connectivity index (χ0v) is 22.9. The fourth-order valence-corrected chi connectivity index (χ4v) is 4.42. The molecule has 0 unspecified atom stereocenters. The summed E-state index contributed by atoms with van der Waals surface area (Å²) in [6.07, 6.45) is 3.25. The van der Waals surface area contributed by atoms with Crippen molar-refractivity contribution in [2.75, 3.05) is 18.4 Å². The van der Waals surface area contributed by atoms with Crippen molar-refractivity contribution in [1.29, 1.82) is 0 Å². The predicted octanol–water partition coefficient (Wildman–Crippen LogP) is 3.77. The molecule has 11 nitrogen and oxygen atoms in total. The summed E-state index contributed by atoms with van der Waals surface area (Å²) in [5.41, 5.74) is 14.2. The molecule has 0 spiro atoms. The van der Waals surface area contributed by atoms with Gasteiger partial charge in [0, 0.05) is 38.2 Å². The summed E-state index contributed by atoms with van der Waals surface area (Å²) in [5.74, 6) is -1.60. The van der Waals surface area contributed by atoms with Crippen molar-refractivity contribution < 1.29 is 19.5 Å². The van der Waals surface area contributed by atoms with Crippen LogP contribution in [0.1, 0.15) is 62.5 Å². The van der Waals surface area contributed by atoms with Crippen LogP contribution in [0, 0.1) is 0 Å². The summed E-state index contributed by atoms with van der Waals surface area (Å²) in [4.78, 5) is 46.4. The topological polar surface area (TPSA) is 178 Å². The van der Waals surface area contributed by atoms with Crippen molar-refractivity contribution >= 4 is 29.4 Å². The number of amides is 2. The van der Waals surface area contributed by atoms with E-state index in [1.165, 1.54) is 0 Å². The summed E-state index contributed by atoms with van der Waals surface area (Å²) in [6.45, 7) is 4.52. The molecular formula is C29H37N7O4. The largest absolute Gasteiger partial charge is 0.481 e. The second-order valence-electron chi connectivity index (χ2n) is 9.56. The molecule has 0 aliphatic carbocycles. The molecule has 40 heavy (non-hydrogen) atoms. The van der Waals surface area contributed by atoms with Gasteiger partial charge >= 0.3 is 5.97 Å². The van der Waals surface area contributed by atoms with Gasteiger partial charge in [-0.3, -0.25) is 24.4 Å². The average Bonchev–Trinajstić information content (AvgIpc) is 3.26. The van der Waals surface area contributed by atoms with E-state index in [4.69, 9.17) is 16.6 Å². The van der Waals surface area contributed by atoms with Crippen molar-refractivity contribution in [2.45, 2.75) is 52.0 Å². The number of benzene rings is 1. The van der Waals surface area contributed by atoms with Gasteiger partial charge in [0.25, 0.3) is 5.91 Å². The molecule has 7 N–H and O–H groups in total. The van der Waals surface area contributed by atoms with E-state index < -0.39 is 11.9 Å². The summed E-state index contributed by atoms with van der Waals surface area (Å²) >= 11 is 0. The molecule has 2 amide bonds. The Morgan fingerprint density at radius 2 is 1.73 bits per heavy atom. The fourth-order valence-electron chi connectivity index (χ4n) is 4.42. The lowest BCUT2D eigenvalue weighted by Gasteiger charge is -2.18. The van der Waals surface area contributed by atoms with E-state index in [2.05, 4.69) is 20.6 Å². The van der Waals surface area contributed by atoms with Gasteiger partial charge in [0.15, 0.2) is 5.96 Å². The number of anilines is 1. The van der Waals surface area contributed by atoms with Crippen LogP contribution in [-0.4, -0.2) is 51.5 Å². The standard InChI is InChI=1S/C29H37N7O4/c1-19(2)36-26(20-11-4-3-5-12-20)24(21-13-6-8-16-32-21)25(27(36)28(40)33-18-10-15-23(38)39)35-22(37)14-7-9-17-34-29(30)31/h3-6,8,11-13,16,19H,7,9-10,14-15,17-18H2,1-2H3,(H,33,40)(H,35,37)(H,38,39)(H4,30,31,34). The molecule has 3 rings (SSSR count). The summed E-state index contributed by atoms with van der Waals surface area (Å²) in [5, 5.41) is 14.8. The molecule has 2 aromatic heterocycles. The van der Waals surface area contributed by atoms with Crippen molar-refractivity contribution in [2.24, 2.45) is 16.5 Å². The normalized spacial score (nSPS) is 10.8. The first-order chi connectivity index (χ1) is 19.2. The van der Waals surface area contributed by atoms with Crippen LogP contribution in [0.2, 0.25) is 0 Å². The maximum absolute atomic E-state index is 13.7. The van der Waals surface area contributed by atoms with E-state index in [-0.39, 0.29) is 49.4 Å². The number of hydrogen-bond donors (Lipinski definition) is 5. The van der Waals surface area contributed by atoms with Crippen molar-refractivity contribution in [3.05, 3.63) is 60.4 Å². The predicted molar refractivity (Wildman–Crippen MR) is 156 cm³/mol. The first-order valence-electron chi connectivity index (χ1n) is 13.3. The molecule has 3 aromatic rings. The fraction of sp³-hybridized carbons (Fsp3) is 0.345. The lowest BCUT2D eigenvalue weighted by Crippen LogP contribution is -2.29. The number of carbonyl (C=O) groups is 3. The van der Waals surface area contributed by atoms with Crippen molar-refractivity contribution in [1.82, 2.24) is 14.9 Å². The summed E-state index contributed by atoms with van der Waals surface area (Å²) in [7, 11) is 0. The van der Waals surface area contributed by atoms with Crippen LogP contribution in [0.25, 0.3) is 22.5 Å². The van der Waals surface area contributed by atoms with E-state index in [0.717, 1.165) is 11.3 Å². The third-order valence-corrected chi connectivity index (χ3v) is 6.13. The number of aliphatic carboxylic acids is 1. The Morgan fingerprint density at radius 1 is 1.00 bits per heavy atom. The first-order valence-corrected chi connectivity index (χ1v) is 13.3. The van der Waals surface area contributed by atoms with E-state index in [1.807, 2.05) is 60.9 Å². The Balaban J connectivity index is 2.12. The Labute approximate surface area is 233 Å². The number of nitrogens with zero attached hydrogens (tertiary/aromatic N) is 3. The van der Waals surface area contributed by atoms with Crippen LogP contribution >= 0.6 is 0 Å². The Kier molecular flexibility index (Phi) is 10.8. The molecule has 0 aliphatic heterocycles. The quantitative estimate of drug-likeness (QED) is 0.116. The van der Waals surface area contributed by atoms with Crippen molar-refractivity contribution in [3.8, 4) is 22.5 Å². The molecule has 0 saturated carbocycles. The Bertz CT molecular complexity index is 1330. The third-order valence-electron chi connectivity index (χ3n) is 6.13. The van der Waals surface area contributed by atoms with E-state index in [1.54, 1.807) is 12.3 Å². The molecule has 2 heterocycles. The highest BCUT2D eigenvalue weighted by Gasteiger charge is 2.31. The molecule has 11 heteroatoms. The van der Waals surface area contributed by atoms with Gasteiger partial charge in [0.1, 0.15) is 5.69 Å². The lowest BCUT2D eigenvalue weighted by atomic mass is 10.0. The van der Waals surface area contributed by atoms with E-state index in [9.17, 15) is 14.4 Å². The summed E-state index contributed by atoms with van der Waals surface area (Å²) < 4.78 is 1.90. The minimum Gasteiger partial charge on any atom is -0.481 e. The van der Waals surface area contributed by atoms with E-state index >= 15 is 0 Å². The van der Waals surface area contributed by atoms with E-state index in [0.29, 0.717) is 36.3 Å². The zero-order valence-electron chi connectivity index (χ0n) is 22.9. The SMILES string of the molecule is CC(C)n1c(C(=O)NCCCC(=O)O)c(NC(=O)CCCCN=C(N)N)c(-c2ccccn2)c1-c1ccccc1. The zero-order chi connectivity index (χ0) is 29.1. The smallest absolute Gasteiger partial charge is 0.303 e.